The number of carbonyl (C=O) groups is 1. The molecule has 1 aromatic heterocycles. The molecule has 0 spiro atoms. The molecule has 116 valence electrons. The summed E-state index contributed by atoms with van der Waals surface area (Å²) in [6, 6.07) is 3.71. The molecule has 5 heteroatoms. The molecule has 2 rings (SSSR count). The lowest BCUT2D eigenvalue weighted by Crippen LogP contribution is -2.47. The summed E-state index contributed by atoms with van der Waals surface area (Å²) < 4.78 is 0. The maximum atomic E-state index is 11.8. The lowest BCUT2D eigenvalue weighted by atomic mass is 9.73. The Morgan fingerprint density at radius 1 is 1.48 bits per heavy atom. The third kappa shape index (κ3) is 4.70. The highest BCUT2D eigenvalue weighted by Crippen LogP contribution is 2.35. The minimum absolute atomic E-state index is 0.169. The molecule has 1 aliphatic rings. The van der Waals surface area contributed by atoms with Gasteiger partial charge in [0.15, 0.2) is 0 Å². The quantitative estimate of drug-likeness (QED) is 0.775. The fraction of sp³-hybridized carbons (Fsp3) is 0.625. The predicted octanol–water partition coefficient (Wildman–Crippen LogP) is 1.86. The number of rotatable bonds is 5. The molecule has 1 aliphatic carbocycles. The number of carbonyl (C=O) groups excluding carboxylic acids is 1. The topological polar surface area (TPSA) is 74.2 Å². The number of aliphatic hydroxyl groups excluding tert-OH is 1. The Morgan fingerprint density at radius 3 is 3.05 bits per heavy atom. The maximum absolute atomic E-state index is 11.8. The Kier molecular flexibility index (Phi) is 5.56. The first-order valence-electron chi connectivity index (χ1n) is 7.69. The fourth-order valence-corrected chi connectivity index (χ4v) is 2.80. The number of hydrogen-bond acceptors (Lipinski definition) is 3. The van der Waals surface area contributed by atoms with Gasteiger partial charge in [0.1, 0.15) is 0 Å². The number of aromatic nitrogens is 1. The van der Waals surface area contributed by atoms with Gasteiger partial charge in [-0.3, -0.25) is 4.98 Å². The van der Waals surface area contributed by atoms with Crippen LogP contribution in [0.3, 0.4) is 0 Å². The number of pyridine rings is 1. The molecule has 5 nitrogen and oxygen atoms in total. The van der Waals surface area contributed by atoms with Gasteiger partial charge in [-0.25, -0.2) is 4.79 Å². The summed E-state index contributed by atoms with van der Waals surface area (Å²) in [6.45, 7) is 3.15. The molecule has 1 fully saturated rings. The number of nitrogens with one attached hydrogen (secondary N) is 2. The van der Waals surface area contributed by atoms with Crippen LogP contribution in [0.25, 0.3) is 0 Å². The first-order chi connectivity index (χ1) is 10.1. The van der Waals surface area contributed by atoms with Crippen molar-refractivity contribution in [1.82, 2.24) is 15.6 Å². The minimum Gasteiger partial charge on any atom is -0.392 e. The van der Waals surface area contributed by atoms with Gasteiger partial charge in [-0.05, 0) is 30.9 Å². The standard InChI is InChI=1S/C16H25N3O2/c1-16(8-3-2-6-14(16)20)12-19-15(21)18-10-7-13-5-4-9-17-11-13/h4-5,9,11,14,20H,2-3,6-8,10,12H2,1H3,(H2,18,19,21). The third-order valence-electron chi connectivity index (χ3n) is 4.35. The van der Waals surface area contributed by atoms with Crippen molar-refractivity contribution in [2.45, 2.75) is 45.1 Å². The van der Waals surface area contributed by atoms with Gasteiger partial charge < -0.3 is 15.7 Å². The molecule has 0 aromatic carbocycles. The van der Waals surface area contributed by atoms with Crippen molar-refractivity contribution in [3.05, 3.63) is 30.1 Å². The molecule has 1 saturated carbocycles. The zero-order chi connectivity index (χ0) is 15.1. The summed E-state index contributed by atoms with van der Waals surface area (Å²) in [4.78, 5) is 15.8. The maximum Gasteiger partial charge on any atom is 0.314 e. The third-order valence-corrected chi connectivity index (χ3v) is 4.35. The van der Waals surface area contributed by atoms with E-state index in [0.29, 0.717) is 13.1 Å². The molecule has 1 aromatic rings. The van der Waals surface area contributed by atoms with Gasteiger partial charge >= 0.3 is 6.03 Å². The van der Waals surface area contributed by atoms with Gasteiger partial charge in [-0.15, -0.1) is 0 Å². The van der Waals surface area contributed by atoms with E-state index in [1.165, 1.54) is 0 Å². The van der Waals surface area contributed by atoms with Crippen LogP contribution in [-0.2, 0) is 6.42 Å². The SMILES string of the molecule is CC1(CNC(=O)NCCc2cccnc2)CCCCC1O. The van der Waals surface area contributed by atoms with Crippen LogP contribution in [-0.4, -0.2) is 35.3 Å². The number of urea groups is 1. The van der Waals surface area contributed by atoms with E-state index in [1.807, 2.05) is 19.1 Å². The highest BCUT2D eigenvalue weighted by atomic mass is 16.3. The summed E-state index contributed by atoms with van der Waals surface area (Å²) in [6.07, 6.45) is 7.98. The Bertz CT molecular complexity index is 452. The molecule has 0 aliphatic heterocycles. The highest BCUT2D eigenvalue weighted by molar-refractivity contribution is 5.73. The van der Waals surface area contributed by atoms with Crippen LogP contribution >= 0.6 is 0 Å². The van der Waals surface area contributed by atoms with E-state index in [9.17, 15) is 9.90 Å². The second-order valence-electron chi connectivity index (χ2n) is 6.14. The van der Waals surface area contributed by atoms with Crippen molar-refractivity contribution in [2.24, 2.45) is 5.41 Å². The van der Waals surface area contributed by atoms with Crippen molar-refractivity contribution < 1.29 is 9.90 Å². The minimum atomic E-state index is -0.318. The number of aliphatic hydroxyl groups is 1. The Balaban J connectivity index is 1.67. The molecule has 0 saturated heterocycles. The van der Waals surface area contributed by atoms with Crippen molar-refractivity contribution in [3.63, 3.8) is 0 Å². The number of nitrogens with zero attached hydrogens (tertiary/aromatic N) is 1. The zero-order valence-electron chi connectivity index (χ0n) is 12.6. The van der Waals surface area contributed by atoms with Crippen molar-refractivity contribution in [2.75, 3.05) is 13.1 Å². The van der Waals surface area contributed by atoms with E-state index in [-0.39, 0.29) is 17.6 Å². The summed E-state index contributed by atoms with van der Waals surface area (Å²) in [5.41, 5.74) is 0.909. The van der Waals surface area contributed by atoms with Crippen LogP contribution in [0.1, 0.15) is 38.2 Å². The molecule has 0 radical (unpaired) electrons. The molecular formula is C16H25N3O2. The normalized spacial score (nSPS) is 25.3. The molecule has 0 bridgehead atoms. The van der Waals surface area contributed by atoms with Gasteiger partial charge in [-0.2, -0.15) is 0 Å². The molecular weight excluding hydrogens is 266 g/mol. The van der Waals surface area contributed by atoms with E-state index >= 15 is 0 Å². The van der Waals surface area contributed by atoms with Crippen LogP contribution in [0.4, 0.5) is 4.79 Å². The van der Waals surface area contributed by atoms with E-state index in [2.05, 4.69) is 15.6 Å². The molecule has 2 unspecified atom stereocenters. The average Bonchev–Trinajstić information content (AvgIpc) is 2.50. The molecule has 21 heavy (non-hydrogen) atoms. The van der Waals surface area contributed by atoms with Gasteiger partial charge in [0.2, 0.25) is 0 Å². The van der Waals surface area contributed by atoms with Crippen molar-refractivity contribution >= 4 is 6.03 Å². The van der Waals surface area contributed by atoms with Crippen LogP contribution in [0.15, 0.2) is 24.5 Å². The number of amides is 2. The van der Waals surface area contributed by atoms with E-state index in [1.54, 1.807) is 12.4 Å². The van der Waals surface area contributed by atoms with Crippen LogP contribution < -0.4 is 10.6 Å². The summed E-state index contributed by atoms with van der Waals surface area (Å²) in [5.74, 6) is 0. The van der Waals surface area contributed by atoms with Crippen molar-refractivity contribution in [1.29, 1.82) is 0 Å². The van der Waals surface area contributed by atoms with E-state index in [4.69, 9.17) is 0 Å². The van der Waals surface area contributed by atoms with Crippen LogP contribution in [0.2, 0.25) is 0 Å². The average molecular weight is 291 g/mol. The Hall–Kier alpha value is -1.62. The van der Waals surface area contributed by atoms with Gasteiger partial charge in [-0.1, -0.05) is 25.8 Å². The monoisotopic (exact) mass is 291 g/mol. The largest absolute Gasteiger partial charge is 0.392 e. The Morgan fingerprint density at radius 2 is 2.33 bits per heavy atom. The highest BCUT2D eigenvalue weighted by Gasteiger charge is 2.35. The second-order valence-corrected chi connectivity index (χ2v) is 6.14. The predicted molar refractivity (Wildman–Crippen MR) is 81.9 cm³/mol. The van der Waals surface area contributed by atoms with Gasteiger partial charge in [0.05, 0.1) is 6.10 Å². The van der Waals surface area contributed by atoms with Crippen LogP contribution in [0, 0.1) is 5.41 Å². The summed E-state index contributed by atoms with van der Waals surface area (Å²) >= 11 is 0. The first kappa shape index (κ1) is 15.8. The smallest absolute Gasteiger partial charge is 0.314 e. The van der Waals surface area contributed by atoms with Gasteiger partial charge in [0.25, 0.3) is 0 Å². The van der Waals surface area contributed by atoms with Gasteiger partial charge in [0, 0.05) is 30.9 Å². The summed E-state index contributed by atoms with van der Waals surface area (Å²) in [5, 5.41) is 15.8. The first-order valence-corrected chi connectivity index (χ1v) is 7.69. The zero-order valence-corrected chi connectivity index (χ0v) is 12.6. The van der Waals surface area contributed by atoms with Crippen LogP contribution in [0.5, 0.6) is 0 Å². The van der Waals surface area contributed by atoms with Crippen molar-refractivity contribution in [3.8, 4) is 0 Å². The number of hydrogen-bond donors (Lipinski definition) is 3. The lowest BCUT2D eigenvalue weighted by Gasteiger charge is -2.38. The fourth-order valence-electron chi connectivity index (χ4n) is 2.80. The van der Waals surface area contributed by atoms with E-state index < -0.39 is 0 Å². The molecule has 1 heterocycles. The lowest BCUT2D eigenvalue weighted by molar-refractivity contribution is 0.00310. The molecule has 2 amide bonds. The van der Waals surface area contributed by atoms with E-state index in [0.717, 1.165) is 37.7 Å². The Labute approximate surface area is 126 Å². The summed E-state index contributed by atoms with van der Waals surface area (Å²) in [7, 11) is 0. The second kappa shape index (κ2) is 7.41. The molecule has 3 N–H and O–H groups in total. The molecule has 2 atom stereocenters.